The van der Waals surface area contributed by atoms with Gasteiger partial charge >= 0.3 is 6.03 Å². The Bertz CT molecular complexity index is 807. The molecule has 158 valence electrons. The Morgan fingerprint density at radius 1 is 1.28 bits per heavy atom. The van der Waals surface area contributed by atoms with Gasteiger partial charge in [-0.15, -0.1) is 0 Å². The number of alkyl halides is 2. The van der Waals surface area contributed by atoms with Gasteiger partial charge in [-0.25, -0.2) is 18.0 Å². The standard InChI is InChI=1S/C16H18F3N5O5/c17-9-5-8(1-2-10(9)24-3-4-29-7-12(24)25)22-15(27)13(14(20)26)23-16(28)21-6-11(18)19/h1-2,5,11,13H,3-4,6-7H2,(H2,20,26)(H,22,27)(H2,21,23,28)/t13-/m1/s1. The fraction of sp³-hybridized carbons (Fsp3) is 0.375. The van der Waals surface area contributed by atoms with Crippen molar-refractivity contribution in [1.82, 2.24) is 10.6 Å². The minimum atomic E-state index is -2.83. The summed E-state index contributed by atoms with van der Waals surface area (Å²) >= 11 is 0. The minimum Gasteiger partial charge on any atom is -0.370 e. The van der Waals surface area contributed by atoms with Crippen LogP contribution < -0.4 is 26.6 Å². The van der Waals surface area contributed by atoms with Crippen molar-refractivity contribution in [2.75, 3.05) is 36.5 Å². The lowest BCUT2D eigenvalue weighted by molar-refractivity contribution is -0.128. The van der Waals surface area contributed by atoms with E-state index >= 15 is 0 Å². The summed E-state index contributed by atoms with van der Waals surface area (Å²) in [7, 11) is 0. The molecule has 0 spiro atoms. The summed E-state index contributed by atoms with van der Waals surface area (Å²) in [5.41, 5.74) is 4.94. The molecule has 29 heavy (non-hydrogen) atoms. The summed E-state index contributed by atoms with van der Waals surface area (Å²) in [5, 5.41) is 5.77. The van der Waals surface area contributed by atoms with Gasteiger partial charge in [-0.05, 0) is 18.2 Å². The zero-order valence-electron chi connectivity index (χ0n) is 14.9. The maximum atomic E-state index is 14.4. The van der Waals surface area contributed by atoms with Crippen molar-refractivity contribution < 1.29 is 37.1 Å². The number of urea groups is 1. The zero-order chi connectivity index (χ0) is 21.6. The molecular formula is C16H18F3N5O5. The highest BCUT2D eigenvalue weighted by Gasteiger charge is 2.27. The van der Waals surface area contributed by atoms with E-state index in [4.69, 9.17) is 10.5 Å². The molecule has 0 radical (unpaired) electrons. The van der Waals surface area contributed by atoms with E-state index in [0.717, 1.165) is 6.07 Å². The molecule has 1 fully saturated rings. The lowest BCUT2D eigenvalue weighted by Gasteiger charge is -2.27. The molecule has 0 aliphatic carbocycles. The average Bonchev–Trinajstić information content (AvgIpc) is 2.65. The van der Waals surface area contributed by atoms with Gasteiger partial charge in [0.1, 0.15) is 12.4 Å². The number of hydrogen-bond donors (Lipinski definition) is 4. The Morgan fingerprint density at radius 2 is 2.00 bits per heavy atom. The zero-order valence-corrected chi connectivity index (χ0v) is 14.9. The van der Waals surface area contributed by atoms with Gasteiger partial charge in [0.05, 0.1) is 18.8 Å². The van der Waals surface area contributed by atoms with E-state index in [2.05, 4.69) is 5.32 Å². The van der Waals surface area contributed by atoms with Crippen LogP contribution in [0.15, 0.2) is 18.2 Å². The van der Waals surface area contributed by atoms with Crippen molar-refractivity contribution >= 4 is 35.1 Å². The maximum absolute atomic E-state index is 14.4. The van der Waals surface area contributed by atoms with E-state index in [1.54, 1.807) is 5.32 Å². The normalized spacial score (nSPS) is 15.0. The van der Waals surface area contributed by atoms with E-state index < -0.39 is 48.6 Å². The van der Waals surface area contributed by atoms with Crippen LogP contribution in [0.25, 0.3) is 0 Å². The summed E-state index contributed by atoms with van der Waals surface area (Å²) in [5.74, 6) is -3.62. The summed E-state index contributed by atoms with van der Waals surface area (Å²) in [6.45, 7) is -0.782. The number of morpholine rings is 1. The van der Waals surface area contributed by atoms with Gasteiger partial charge in [0.25, 0.3) is 18.2 Å². The molecule has 0 bridgehead atoms. The largest absolute Gasteiger partial charge is 0.370 e. The van der Waals surface area contributed by atoms with Crippen LogP contribution in [0.1, 0.15) is 0 Å². The Labute approximate surface area is 162 Å². The van der Waals surface area contributed by atoms with E-state index in [-0.39, 0.29) is 31.1 Å². The number of amides is 5. The SMILES string of the molecule is NC(=O)[C@@H](NC(=O)NCC(F)F)C(=O)Nc1ccc(N2CCOCC2=O)c(F)c1. The molecule has 1 aromatic carbocycles. The number of halogens is 3. The molecule has 1 saturated heterocycles. The average molecular weight is 417 g/mol. The number of ether oxygens (including phenoxy) is 1. The van der Waals surface area contributed by atoms with E-state index in [1.165, 1.54) is 17.0 Å². The van der Waals surface area contributed by atoms with Gasteiger partial charge in [-0.3, -0.25) is 14.4 Å². The lowest BCUT2D eigenvalue weighted by Crippen LogP contribution is -2.54. The first-order valence-electron chi connectivity index (χ1n) is 8.29. The summed E-state index contributed by atoms with van der Waals surface area (Å²) in [4.78, 5) is 48.0. The second-order valence-corrected chi connectivity index (χ2v) is 5.83. The molecule has 2 rings (SSSR count). The predicted molar refractivity (Wildman–Crippen MR) is 93.7 cm³/mol. The fourth-order valence-corrected chi connectivity index (χ4v) is 2.41. The first-order chi connectivity index (χ1) is 13.7. The highest BCUT2D eigenvalue weighted by molar-refractivity contribution is 6.11. The predicted octanol–water partition coefficient (Wildman–Crippen LogP) is -0.454. The lowest BCUT2D eigenvalue weighted by atomic mass is 10.2. The van der Waals surface area contributed by atoms with Crippen LogP contribution in [0.2, 0.25) is 0 Å². The Kier molecular flexibility index (Phi) is 7.36. The summed E-state index contributed by atoms with van der Waals surface area (Å²) in [6, 6.07) is 0.322. The molecule has 1 heterocycles. The molecular weight excluding hydrogens is 399 g/mol. The second-order valence-electron chi connectivity index (χ2n) is 5.83. The fourth-order valence-electron chi connectivity index (χ4n) is 2.41. The molecule has 1 aliphatic heterocycles. The van der Waals surface area contributed by atoms with Crippen LogP contribution in [0, 0.1) is 5.82 Å². The quantitative estimate of drug-likeness (QED) is 0.444. The number of carbonyl (C=O) groups excluding carboxylic acids is 4. The number of nitrogens with one attached hydrogen (secondary N) is 3. The van der Waals surface area contributed by atoms with Gasteiger partial charge in [0.15, 0.2) is 6.04 Å². The van der Waals surface area contributed by atoms with Crippen LogP contribution in [-0.2, 0) is 19.1 Å². The van der Waals surface area contributed by atoms with Crippen molar-refractivity contribution in [1.29, 1.82) is 0 Å². The molecule has 13 heteroatoms. The van der Waals surface area contributed by atoms with E-state index in [9.17, 15) is 32.3 Å². The van der Waals surface area contributed by atoms with E-state index in [1.807, 2.05) is 5.32 Å². The van der Waals surface area contributed by atoms with Gasteiger partial charge in [0.2, 0.25) is 5.91 Å². The van der Waals surface area contributed by atoms with Crippen molar-refractivity contribution in [2.45, 2.75) is 12.5 Å². The van der Waals surface area contributed by atoms with Gasteiger partial charge in [0, 0.05) is 12.2 Å². The number of anilines is 2. The second kappa shape index (κ2) is 9.73. The number of hydrogen-bond acceptors (Lipinski definition) is 5. The van der Waals surface area contributed by atoms with Crippen LogP contribution in [0.5, 0.6) is 0 Å². The topological polar surface area (TPSA) is 143 Å². The van der Waals surface area contributed by atoms with Crippen LogP contribution in [0.4, 0.5) is 29.3 Å². The van der Waals surface area contributed by atoms with Crippen LogP contribution >= 0.6 is 0 Å². The van der Waals surface area contributed by atoms with Crippen molar-refractivity contribution in [3.05, 3.63) is 24.0 Å². The number of nitrogens with zero attached hydrogens (tertiary/aromatic N) is 1. The maximum Gasteiger partial charge on any atom is 0.316 e. The third kappa shape index (κ3) is 6.07. The molecule has 5 amide bonds. The highest BCUT2D eigenvalue weighted by Crippen LogP contribution is 2.24. The monoisotopic (exact) mass is 417 g/mol. The molecule has 5 N–H and O–H groups in total. The molecule has 0 aromatic heterocycles. The molecule has 0 saturated carbocycles. The van der Waals surface area contributed by atoms with Crippen LogP contribution in [0.3, 0.4) is 0 Å². The number of carbonyl (C=O) groups is 4. The Hall–Kier alpha value is -3.35. The Morgan fingerprint density at radius 3 is 2.59 bits per heavy atom. The molecule has 10 nitrogen and oxygen atoms in total. The number of benzene rings is 1. The number of rotatable bonds is 7. The third-order valence-electron chi connectivity index (χ3n) is 3.73. The first kappa shape index (κ1) is 21.9. The Balaban J connectivity index is 2.05. The number of primary amides is 1. The molecule has 1 aromatic rings. The summed E-state index contributed by atoms with van der Waals surface area (Å²) in [6.07, 6.45) is -2.83. The number of nitrogens with two attached hydrogens (primary N) is 1. The minimum absolute atomic E-state index is 0.0211. The molecule has 1 atom stereocenters. The smallest absolute Gasteiger partial charge is 0.316 e. The molecule has 0 unspecified atom stereocenters. The van der Waals surface area contributed by atoms with Crippen molar-refractivity contribution in [2.24, 2.45) is 5.73 Å². The van der Waals surface area contributed by atoms with Crippen molar-refractivity contribution in [3.8, 4) is 0 Å². The van der Waals surface area contributed by atoms with E-state index in [0.29, 0.717) is 0 Å². The molecule has 1 aliphatic rings. The van der Waals surface area contributed by atoms with Gasteiger partial charge < -0.3 is 31.3 Å². The third-order valence-corrected chi connectivity index (χ3v) is 3.73. The highest BCUT2D eigenvalue weighted by atomic mass is 19.3. The van der Waals surface area contributed by atoms with Crippen LogP contribution in [-0.4, -0.2) is 62.5 Å². The van der Waals surface area contributed by atoms with Crippen molar-refractivity contribution in [3.63, 3.8) is 0 Å². The summed E-state index contributed by atoms with van der Waals surface area (Å²) < 4.78 is 43.5. The van der Waals surface area contributed by atoms with Gasteiger partial charge in [-0.2, -0.15) is 0 Å². The first-order valence-corrected chi connectivity index (χ1v) is 8.29. The van der Waals surface area contributed by atoms with Gasteiger partial charge in [-0.1, -0.05) is 0 Å².